The molecule has 0 saturated carbocycles. The molecule has 0 aliphatic heterocycles. The Morgan fingerprint density at radius 3 is 2.56 bits per heavy atom. The number of halogens is 1. The van der Waals surface area contributed by atoms with Gasteiger partial charge in [-0.2, -0.15) is 0 Å². The highest BCUT2D eigenvalue weighted by atomic mass is 19.1. The first-order chi connectivity index (χ1) is 12.7. The maximum absolute atomic E-state index is 14.9. The third kappa shape index (κ3) is 3.38. The van der Waals surface area contributed by atoms with Crippen LogP contribution < -0.4 is 5.56 Å². The number of benzene rings is 1. The molecule has 142 valence electrons. The van der Waals surface area contributed by atoms with Gasteiger partial charge in [0.15, 0.2) is 0 Å². The molecule has 0 radical (unpaired) electrons. The summed E-state index contributed by atoms with van der Waals surface area (Å²) in [6, 6.07) is 6.49. The van der Waals surface area contributed by atoms with Gasteiger partial charge >= 0.3 is 5.97 Å². The molecule has 0 bridgehead atoms. The third-order valence-corrected chi connectivity index (χ3v) is 4.68. The lowest BCUT2D eigenvalue weighted by molar-refractivity contribution is 0.0695. The van der Waals surface area contributed by atoms with Crippen molar-refractivity contribution in [1.29, 1.82) is 0 Å². The minimum Gasteiger partial charge on any atom is -0.477 e. The Balaban J connectivity index is 2.22. The lowest BCUT2D eigenvalue weighted by Crippen LogP contribution is -2.19. The lowest BCUT2D eigenvalue weighted by atomic mass is 10.0. The monoisotopic (exact) mass is 371 g/mol. The Hall–Kier alpha value is -2.93. The average Bonchev–Trinajstić information content (AvgIpc) is 2.89. The summed E-state index contributed by atoms with van der Waals surface area (Å²) in [4.78, 5) is 27.9. The predicted molar refractivity (Wildman–Crippen MR) is 103 cm³/mol. The Morgan fingerprint density at radius 1 is 1.26 bits per heavy atom. The smallest absolute Gasteiger partial charge is 0.341 e. The zero-order valence-corrected chi connectivity index (χ0v) is 15.8. The molecule has 2 N–H and O–H groups in total. The molecule has 0 spiro atoms. The first kappa shape index (κ1) is 18.8. The van der Waals surface area contributed by atoms with Crippen molar-refractivity contribution in [3.63, 3.8) is 0 Å². The zero-order chi connectivity index (χ0) is 19.9. The van der Waals surface area contributed by atoms with Gasteiger partial charge in [0.25, 0.3) is 5.56 Å². The van der Waals surface area contributed by atoms with E-state index in [2.05, 4.69) is 4.98 Å². The molecule has 0 fully saturated rings. The number of aromatic nitrogens is 2. The molecule has 27 heavy (non-hydrogen) atoms. The van der Waals surface area contributed by atoms with E-state index in [1.165, 1.54) is 12.1 Å². The topological polar surface area (TPSA) is 78.3 Å². The maximum Gasteiger partial charge on any atom is 0.341 e. The number of aryl methyl sites for hydroxylation is 2. The molecule has 2 aromatic heterocycles. The summed E-state index contributed by atoms with van der Waals surface area (Å²) < 4.78 is 16.7. The normalized spacial score (nSPS) is 11.5. The van der Waals surface area contributed by atoms with Crippen LogP contribution in [0.2, 0.25) is 0 Å². The molecule has 0 saturated heterocycles. The quantitative estimate of drug-likeness (QED) is 0.723. The summed E-state index contributed by atoms with van der Waals surface area (Å²) >= 11 is 0. The first-order valence-electron chi connectivity index (χ1n) is 8.65. The van der Waals surface area contributed by atoms with Crippen molar-refractivity contribution in [2.75, 3.05) is 14.1 Å². The summed E-state index contributed by atoms with van der Waals surface area (Å²) in [6.07, 6.45) is 0.507. The van der Waals surface area contributed by atoms with Crippen molar-refractivity contribution < 1.29 is 14.3 Å². The number of aromatic amines is 1. The average molecular weight is 371 g/mol. The molecular weight excluding hydrogens is 349 g/mol. The molecule has 7 heteroatoms. The fraction of sp³-hybridized carbons (Fsp3) is 0.300. The number of carboxylic acid groups (broad SMARTS) is 1. The number of pyridine rings is 1. The Morgan fingerprint density at radius 2 is 1.96 bits per heavy atom. The number of rotatable bonds is 5. The second-order valence-electron chi connectivity index (χ2n) is 6.90. The number of H-pyrrole nitrogens is 1. The van der Waals surface area contributed by atoms with Gasteiger partial charge in [0.1, 0.15) is 11.4 Å². The standard InChI is InChI=1S/C20H22FN3O3/c1-5-11-8-15(20(26)27)19(25)22-17(11)12-6-13-7-14(10-23(2)3)24(4)18(13)16(21)9-12/h6-9H,5,10H2,1-4H3,(H,22,25)(H,26,27). The van der Waals surface area contributed by atoms with Gasteiger partial charge in [0.05, 0.1) is 11.2 Å². The molecule has 2 heterocycles. The van der Waals surface area contributed by atoms with Crippen molar-refractivity contribution in [2.45, 2.75) is 19.9 Å². The number of hydrogen-bond donors (Lipinski definition) is 2. The Bertz CT molecular complexity index is 1100. The minimum atomic E-state index is -1.28. The van der Waals surface area contributed by atoms with E-state index in [-0.39, 0.29) is 11.4 Å². The number of fused-ring (bicyclic) bond motifs is 1. The summed E-state index contributed by atoms with van der Waals surface area (Å²) in [5.41, 5.74) is 2.07. The molecule has 0 aliphatic rings. The Kier molecular flexibility index (Phi) is 4.89. The number of aromatic carboxylic acids is 1. The van der Waals surface area contributed by atoms with E-state index in [1.807, 2.05) is 49.7 Å². The van der Waals surface area contributed by atoms with Gasteiger partial charge in [0, 0.05) is 30.2 Å². The number of nitrogens with one attached hydrogen (secondary N) is 1. The highest BCUT2D eigenvalue weighted by molar-refractivity contribution is 5.89. The van der Waals surface area contributed by atoms with Crippen LogP contribution in [0.3, 0.4) is 0 Å². The summed E-state index contributed by atoms with van der Waals surface area (Å²) in [7, 11) is 5.72. The van der Waals surface area contributed by atoms with Gasteiger partial charge in [-0.25, -0.2) is 9.18 Å². The van der Waals surface area contributed by atoms with Gasteiger partial charge < -0.3 is 19.6 Å². The summed E-state index contributed by atoms with van der Waals surface area (Å²) in [5.74, 6) is -1.67. The van der Waals surface area contributed by atoms with Gasteiger partial charge in [0.2, 0.25) is 0 Å². The number of carboxylic acids is 1. The molecular formula is C20H22FN3O3. The van der Waals surface area contributed by atoms with Crippen LogP contribution in [0.5, 0.6) is 0 Å². The van der Waals surface area contributed by atoms with Crippen molar-refractivity contribution in [3.05, 3.63) is 57.3 Å². The van der Waals surface area contributed by atoms with Crippen LogP contribution in [0.15, 0.2) is 29.1 Å². The molecule has 0 atom stereocenters. The van der Waals surface area contributed by atoms with Crippen LogP contribution in [0.1, 0.15) is 28.5 Å². The van der Waals surface area contributed by atoms with Crippen molar-refractivity contribution >= 4 is 16.9 Å². The fourth-order valence-corrected chi connectivity index (χ4v) is 3.39. The molecule has 6 nitrogen and oxygen atoms in total. The van der Waals surface area contributed by atoms with Crippen molar-refractivity contribution in [2.24, 2.45) is 7.05 Å². The van der Waals surface area contributed by atoms with E-state index < -0.39 is 11.5 Å². The molecule has 3 rings (SSSR count). The van der Waals surface area contributed by atoms with Crippen LogP contribution >= 0.6 is 0 Å². The Labute approximate surface area is 155 Å². The number of hydrogen-bond acceptors (Lipinski definition) is 3. The molecule has 0 unspecified atom stereocenters. The van der Waals surface area contributed by atoms with E-state index in [4.69, 9.17) is 5.11 Å². The van der Waals surface area contributed by atoms with E-state index in [1.54, 1.807) is 0 Å². The summed E-state index contributed by atoms with van der Waals surface area (Å²) in [5, 5.41) is 9.88. The van der Waals surface area contributed by atoms with Crippen molar-refractivity contribution in [1.82, 2.24) is 14.5 Å². The van der Waals surface area contributed by atoms with E-state index >= 15 is 0 Å². The second kappa shape index (κ2) is 7.00. The molecule has 0 aliphatic carbocycles. The van der Waals surface area contributed by atoms with E-state index in [0.717, 1.165) is 11.1 Å². The predicted octanol–water partition coefficient (Wildman–Crippen LogP) is 2.99. The van der Waals surface area contributed by atoms with Crippen LogP contribution in [0, 0.1) is 5.82 Å². The van der Waals surface area contributed by atoms with Crippen LogP contribution in [-0.4, -0.2) is 39.6 Å². The second-order valence-corrected chi connectivity index (χ2v) is 6.90. The van der Waals surface area contributed by atoms with E-state index in [9.17, 15) is 14.0 Å². The van der Waals surface area contributed by atoms with Gasteiger partial charge in [-0.15, -0.1) is 0 Å². The van der Waals surface area contributed by atoms with Gasteiger partial charge in [-0.1, -0.05) is 6.92 Å². The van der Waals surface area contributed by atoms with Crippen LogP contribution in [-0.2, 0) is 20.0 Å². The summed E-state index contributed by atoms with van der Waals surface area (Å²) in [6.45, 7) is 2.53. The highest BCUT2D eigenvalue weighted by Gasteiger charge is 2.17. The molecule has 0 amide bonds. The zero-order valence-electron chi connectivity index (χ0n) is 15.8. The fourth-order valence-electron chi connectivity index (χ4n) is 3.39. The molecule has 1 aromatic carbocycles. The van der Waals surface area contributed by atoms with Gasteiger partial charge in [-0.3, -0.25) is 4.79 Å². The SMILES string of the molecule is CCc1cc(C(=O)O)c(=O)[nH]c1-c1cc(F)c2c(c1)cc(CN(C)C)n2C. The number of carbonyl (C=O) groups is 1. The third-order valence-electron chi connectivity index (χ3n) is 4.68. The molecule has 3 aromatic rings. The lowest BCUT2D eigenvalue weighted by Gasteiger charge is -2.11. The largest absolute Gasteiger partial charge is 0.477 e. The van der Waals surface area contributed by atoms with E-state index in [0.29, 0.717) is 35.3 Å². The first-order valence-corrected chi connectivity index (χ1v) is 8.65. The number of nitrogens with zero attached hydrogens (tertiary/aromatic N) is 2. The van der Waals surface area contributed by atoms with Crippen molar-refractivity contribution in [3.8, 4) is 11.3 Å². The highest BCUT2D eigenvalue weighted by Crippen LogP contribution is 2.30. The van der Waals surface area contributed by atoms with Gasteiger partial charge in [-0.05, 0) is 50.3 Å². The van der Waals surface area contributed by atoms with Crippen LogP contribution in [0.25, 0.3) is 22.2 Å². The minimum absolute atomic E-state index is 0.315. The maximum atomic E-state index is 14.9. The van der Waals surface area contributed by atoms with Crippen LogP contribution in [0.4, 0.5) is 4.39 Å².